The van der Waals surface area contributed by atoms with Gasteiger partial charge in [-0.3, -0.25) is 4.79 Å². The van der Waals surface area contributed by atoms with Crippen LogP contribution in [-0.2, 0) is 4.79 Å². The minimum Gasteiger partial charge on any atom is -0.493 e. The molecule has 7 heteroatoms. The van der Waals surface area contributed by atoms with Gasteiger partial charge >= 0.3 is 5.97 Å². The van der Waals surface area contributed by atoms with Crippen molar-refractivity contribution in [3.05, 3.63) is 47.1 Å². The molecule has 5 nitrogen and oxygen atoms in total. The molecule has 0 aliphatic carbocycles. The Morgan fingerprint density at radius 1 is 1.19 bits per heavy atom. The van der Waals surface area contributed by atoms with Crippen LogP contribution in [0.1, 0.15) is 16.1 Å². The Bertz CT molecular complexity index is 639. The monoisotopic (exact) mass is 309 g/mol. The first-order valence-corrected chi connectivity index (χ1v) is 6.87. The van der Waals surface area contributed by atoms with E-state index in [2.05, 4.69) is 5.32 Å². The molecule has 0 aliphatic heterocycles. The average molecular weight is 309 g/mol. The number of amides is 1. The number of halogens is 1. The van der Waals surface area contributed by atoms with E-state index in [0.29, 0.717) is 10.8 Å². The van der Waals surface area contributed by atoms with Crippen molar-refractivity contribution in [3.8, 4) is 5.75 Å². The zero-order chi connectivity index (χ0) is 15.2. The quantitative estimate of drug-likeness (QED) is 0.860. The summed E-state index contributed by atoms with van der Waals surface area (Å²) in [7, 11) is 0. The maximum absolute atomic E-state index is 12.7. The number of hydrogen-bond acceptors (Lipinski definition) is 4. The highest BCUT2D eigenvalue weighted by atomic mass is 32.1. The third kappa shape index (κ3) is 4.57. The van der Waals surface area contributed by atoms with Gasteiger partial charge < -0.3 is 15.2 Å². The van der Waals surface area contributed by atoms with Crippen LogP contribution >= 0.6 is 11.3 Å². The number of benzene rings is 1. The van der Waals surface area contributed by atoms with Gasteiger partial charge in [-0.05, 0) is 36.4 Å². The van der Waals surface area contributed by atoms with Crippen molar-refractivity contribution in [2.45, 2.75) is 6.42 Å². The van der Waals surface area contributed by atoms with Crippen LogP contribution in [-0.4, -0.2) is 23.6 Å². The number of rotatable bonds is 6. The number of hydrogen-bond donors (Lipinski definition) is 2. The van der Waals surface area contributed by atoms with Gasteiger partial charge in [0.1, 0.15) is 16.4 Å². The molecule has 0 bridgehead atoms. The molecule has 2 rings (SSSR count). The summed E-state index contributed by atoms with van der Waals surface area (Å²) < 4.78 is 18.0. The minimum atomic E-state index is -1.03. The summed E-state index contributed by atoms with van der Waals surface area (Å²) in [5, 5.41) is 11.8. The van der Waals surface area contributed by atoms with Gasteiger partial charge in [0.25, 0.3) is 0 Å². The van der Waals surface area contributed by atoms with Crippen molar-refractivity contribution in [1.29, 1.82) is 0 Å². The highest BCUT2D eigenvalue weighted by molar-refractivity contribution is 7.18. The number of anilines is 1. The smallest absolute Gasteiger partial charge is 0.345 e. The summed E-state index contributed by atoms with van der Waals surface area (Å²) in [6.07, 6.45) is 0.109. The van der Waals surface area contributed by atoms with Crippen LogP contribution in [0.3, 0.4) is 0 Å². The van der Waals surface area contributed by atoms with Crippen LogP contribution in [0.15, 0.2) is 36.4 Å². The molecule has 21 heavy (non-hydrogen) atoms. The lowest BCUT2D eigenvalue weighted by atomic mass is 10.3. The van der Waals surface area contributed by atoms with E-state index in [1.807, 2.05) is 0 Å². The predicted octanol–water partition coefficient (Wildman–Crippen LogP) is 2.99. The Balaban J connectivity index is 1.76. The number of carbonyl (C=O) groups is 2. The first-order valence-electron chi connectivity index (χ1n) is 6.06. The maximum Gasteiger partial charge on any atom is 0.345 e. The molecule has 0 saturated carbocycles. The Morgan fingerprint density at radius 3 is 2.52 bits per heavy atom. The normalized spacial score (nSPS) is 10.1. The van der Waals surface area contributed by atoms with E-state index in [4.69, 9.17) is 9.84 Å². The van der Waals surface area contributed by atoms with E-state index in [-0.39, 0.29) is 29.6 Å². The molecule has 1 aromatic carbocycles. The fraction of sp³-hybridized carbons (Fsp3) is 0.143. The number of nitrogens with one attached hydrogen (secondary N) is 1. The largest absolute Gasteiger partial charge is 0.493 e. The maximum atomic E-state index is 12.7. The minimum absolute atomic E-state index is 0.109. The third-order valence-corrected chi connectivity index (χ3v) is 3.48. The Hall–Kier alpha value is -2.41. The topological polar surface area (TPSA) is 75.6 Å². The van der Waals surface area contributed by atoms with E-state index in [9.17, 15) is 14.0 Å². The molecule has 0 atom stereocenters. The van der Waals surface area contributed by atoms with E-state index in [1.165, 1.54) is 36.4 Å². The lowest BCUT2D eigenvalue weighted by Crippen LogP contribution is -2.14. The third-order valence-electron chi connectivity index (χ3n) is 2.49. The highest BCUT2D eigenvalue weighted by Gasteiger charge is 2.09. The molecule has 1 heterocycles. The fourth-order valence-electron chi connectivity index (χ4n) is 1.51. The molecule has 1 aromatic heterocycles. The van der Waals surface area contributed by atoms with Gasteiger partial charge in [-0.25, -0.2) is 9.18 Å². The van der Waals surface area contributed by atoms with Gasteiger partial charge in [-0.1, -0.05) is 0 Å². The molecular weight excluding hydrogens is 297 g/mol. The van der Waals surface area contributed by atoms with Crippen molar-refractivity contribution in [1.82, 2.24) is 0 Å². The van der Waals surface area contributed by atoms with Gasteiger partial charge in [0, 0.05) is 0 Å². The number of carboxylic acid groups (broad SMARTS) is 1. The van der Waals surface area contributed by atoms with E-state index >= 15 is 0 Å². The second kappa shape index (κ2) is 6.85. The van der Waals surface area contributed by atoms with Crippen LogP contribution in [0.2, 0.25) is 0 Å². The molecule has 110 valence electrons. The molecule has 0 fully saturated rings. The van der Waals surface area contributed by atoms with Crippen molar-refractivity contribution in [3.63, 3.8) is 0 Å². The predicted molar refractivity (Wildman–Crippen MR) is 76.4 cm³/mol. The molecular formula is C14H12FNO4S. The highest BCUT2D eigenvalue weighted by Crippen LogP contribution is 2.21. The standard InChI is InChI=1S/C14H12FNO4S/c15-9-1-3-10(4-2-9)20-8-7-12(17)16-13-6-5-11(21-13)14(18)19/h1-6H,7-8H2,(H,16,17)(H,18,19). The van der Waals surface area contributed by atoms with E-state index < -0.39 is 5.97 Å². The molecule has 1 amide bonds. The Morgan fingerprint density at radius 2 is 1.90 bits per heavy atom. The van der Waals surface area contributed by atoms with Crippen LogP contribution < -0.4 is 10.1 Å². The SMILES string of the molecule is O=C(CCOc1ccc(F)cc1)Nc1ccc(C(=O)O)s1. The molecule has 2 N–H and O–H groups in total. The van der Waals surface area contributed by atoms with E-state index in [1.54, 1.807) is 0 Å². The van der Waals surface area contributed by atoms with Crippen molar-refractivity contribution in [2.24, 2.45) is 0 Å². The first kappa shape index (κ1) is 15.0. The van der Waals surface area contributed by atoms with Crippen LogP contribution in [0.4, 0.5) is 9.39 Å². The molecule has 0 aliphatic rings. The van der Waals surface area contributed by atoms with E-state index in [0.717, 1.165) is 11.3 Å². The van der Waals surface area contributed by atoms with Crippen molar-refractivity contribution < 1.29 is 23.8 Å². The van der Waals surface area contributed by atoms with Gasteiger partial charge in [-0.2, -0.15) is 0 Å². The Kier molecular flexibility index (Phi) is 4.89. The Labute approximate surface area is 124 Å². The zero-order valence-corrected chi connectivity index (χ0v) is 11.7. The number of ether oxygens (including phenoxy) is 1. The summed E-state index contributed by atoms with van der Waals surface area (Å²) in [4.78, 5) is 22.5. The zero-order valence-electron chi connectivity index (χ0n) is 10.8. The van der Waals surface area contributed by atoms with Crippen LogP contribution in [0.25, 0.3) is 0 Å². The van der Waals surface area contributed by atoms with Gasteiger partial charge in [0.2, 0.25) is 5.91 Å². The molecule has 0 spiro atoms. The number of thiophene rings is 1. The summed E-state index contributed by atoms with van der Waals surface area (Å²) in [6.45, 7) is 0.147. The molecule has 2 aromatic rings. The molecule has 0 saturated heterocycles. The summed E-state index contributed by atoms with van der Waals surface area (Å²) in [5.74, 6) is -1.18. The fourth-order valence-corrected chi connectivity index (χ4v) is 2.27. The summed E-state index contributed by atoms with van der Waals surface area (Å²) in [5.41, 5.74) is 0. The van der Waals surface area contributed by atoms with Crippen LogP contribution in [0.5, 0.6) is 5.75 Å². The van der Waals surface area contributed by atoms with Crippen molar-refractivity contribution in [2.75, 3.05) is 11.9 Å². The molecule has 0 radical (unpaired) electrons. The summed E-state index contributed by atoms with van der Waals surface area (Å²) >= 11 is 0.987. The first-order chi connectivity index (χ1) is 10.0. The van der Waals surface area contributed by atoms with Crippen LogP contribution in [0, 0.1) is 5.82 Å². The van der Waals surface area contributed by atoms with Gasteiger partial charge in [-0.15, -0.1) is 11.3 Å². The molecule has 0 unspecified atom stereocenters. The second-order valence-electron chi connectivity index (χ2n) is 4.07. The summed E-state index contributed by atoms with van der Waals surface area (Å²) in [6, 6.07) is 8.46. The second-order valence-corrected chi connectivity index (χ2v) is 5.15. The van der Waals surface area contributed by atoms with Gasteiger partial charge in [0.05, 0.1) is 18.0 Å². The number of carbonyl (C=O) groups excluding carboxylic acids is 1. The van der Waals surface area contributed by atoms with Gasteiger partial charge in [0.15, 0.2) is 0 Å². The average Bonchev–Trinajstić information content (AvgIpc) is 2.90. The van der Waals surface area contributed by atoms with Crippen molar-refractivity contribution >= 4 is 28.2 Å². The number of carboxylic acids is 1. The lowest BCUT2D eigenvalue weighted by Gasteiger charge is -2.06. The number of aromatic carboxylic acids is 1. The lowest BCUT2D eigenvalue weighted by molar-refractivity contribution is -0.116.